The second-order valence-corrected chi connectivity index (χ2v) is 10.0. The molecule has 1 amide bonds. The van der Waals surface area contributed by atoms with E-state index in [0.29, 0.717) is 13.1 Å². The highest BCUT2D eigenvalue weighted by atomic mass is 79.9. The number of hydrogen-bond acceptors (Lipinski definition) is 4. The van der Waals surface area contributed by atoms with Gasteiger partial charge in [0.25, 0.3) is 0 Å². The van der Waals surface area contributed by atoms with Gasteiger partial charge in [-0.25, -0.2) is 8.42 Å². The van der Waals surface area contributed by atoms with E-state index in [2.05, 4.69) is 21.2 Å². The van der Waals surface area contributed by atoms with Gasteiger partial charge in [0.1, 0.15) is 0 Å². The van der Waals surface area contributed by atoms with Crippen molar-refractivity contribution in [1.82, 2.24) is 14.5 Å². The molecule has 1 fully saturated rings. The van der Waals surface area contributed by atoms with Crippen LogP contribution in [0.25, 0.3) is 0 Å². The molecule has 1 N–H and O–H groups in total. The third-order valence-electron chi connectivity index (χ3n) is 5.08. The number of halogens is 1. The van der Waals surface area contributed by atoms with E-state index in [1.54, 1.807) is 29.2 Å². The van der Waals surface area contributed by atoms with E-state index in [4.69, 9.17) is 0 Å². The van der Waals surface area contributed by atoms with E-state index in [1.807, 2.05) is 37.3 Å². The highest BCUT2D eigenvalue weighted by Gasteiger charge is 2.30. The molecule has 0 radical (unpaired) electrons. The van der Waals surface area contributed by atoms with Crippen molar-refractivity contribution in [1.29, 1.82) is 0 Å². The summed E-state index contributed by atoms with van der Waals surface area (Å²) < 4.78 is 28.8. The van der Waals surface area contributed by atoms with Crippen LogP contribution in [-0.2, 0) is 14.8 Å². The summed E-state index contributed by atoms with van der Waals surface area (Å²) in [5, 5.41) is 3.21. The summed E-state index contributed by atoms with van der Waals surface area (Å²) in [6.45, 7) is 4.71. The molecule has 0 unspecified atom stereocenters. The fraction of sp³-hybridized carbons (Fsp3) is 0.381. The largest absolute Gasteiger partial charge is 0.339 e. The molecule has 2 aromatic rings. The molecular weight excluding hydrogens is 454 g/mol. The Bertz CT molecular complexity index is 914. The van der Waals surface area contributed by atoms with Crippen LogP contribution in [0.3, 0.4) is 0 Å². The Morgan fingerprint density at radius 3 is 2.34 bits per heavy atom. The number of benzene rings is 2. The number of nitrogens with zero attached hydrogens (tertiary/aromatic N) is 2. The minimum Gasteiger partial charge on any atom is -0.339 e. The van der Waals surface area contributed by atoms with Gasteiger partial charge in [0.05, 0.1) is 11.4 Å². The standard InChI is InChI=1S/C21H26BrN3O3S/c1-17(18-5-3-2-4-6-18)15-25(16-21(26)24-13-11-23-12-14-24)29(27,28)20-9-7-19(22)8-10-20/h2-10,17,23H,11-16H2,1H3/t17-/m0/s1. The zero-order valence-electron chi connectivity index (χ0n) is 16.4. The van der Waals surface area contributed by atoms with E-state index in [9.17, 15) is 13.2 Å². The molecule has 0 bridgehead atoms. The zero-order valence-corrected chi connectivity index (χ0v) is 18.8. The first-order valence-corrected chi connectivity index (χ1v) is 11.9. The molecule has 1 aliphatic heterocycles. The number of carbonyl (C=O) groups is 1. The maximum atomic E-state index is 13.4. The summed E-state index contributed by atoms with van der Waals surface area (Å²) in [6.07, 6.45) is 0. The lowest BCUT2D eigenvalue weighted by Gasteiger charge is -2.31. The summed E-state index contributed by atoms with van der Waals surface area (Å²) in [7, 11) is -3.81. The topological polar surface area (TPSA) is 69.7 Å². The summed E-state index contributed by atoms with van der Waals surface area (Å²) in [5.74, 6) is -0.204. The number of nitrogens with one attached hydrogen (secondary N) is 1. The predicted molar refractivity (Wildman–Crippen MR) is 117 cm³/mol. The summed E-state index contributed by atoms with van der Waals surface area (Å²) in [5.41, 5.74) is 1.04. The van der Waals surface area contributed by atoms with E-state index >= 15 is 0 Å². The number of piperazine rings is 1. The summed E-state index contributed by atoms with van der Waals surface area (Å²) in [4.78, 5) is 14.8. The van der Waals surface area contributed by atoms with Crippen molar-refractivity contribution >= 4 is 31.9 Å². The van der Waals surface area contributed by atoms with E-state index in [0.717, 1.165) is 23.1 Å². The SMILES string of the molecule is C[C@@H](CN(CC(=O)N1CCNCC1)S(=O)(=O)c1ccc(Br)cc1)c1ccccc1. The highest BCUT2D eigenvalue weighted by Crippen LogP contribution is 2.23. The first kappa shape index (κ1) is 22.0. The van der Waals surface area contributed by atoms with Crippen LogP contribution in [0.15, 0.2) is 64.0 Å². The van der Waals surface area contributed by atoms with Crippen molar-refractivity contribution in [2.45, 2.75) is 17.7 Å². The smallest absolute Gasteiger partial charge is 0.243 e. The van der Waals surface area contributed by atoms with Crippen molar-refractivity contribution in [3.05, 3.63) is 64.6 Å². The predicted octanol–water partition coefficient (Wildman–Crippen LogP) is 2.68. The van der Waals surface area contributed by atoms with Gasteiger partial charge in [-0.1, -0.05) is 53.2 Å². The number of hydrogen-bond donors (Lipinski definition) is 1. The van der Waals surface area contributed by atoms with Crippen molar-refractivity contribution in [2.75, 3.05) is 39.3 Å². The third-order valence-corrected chi connectivity index (χ3v) is 7.43. The van der Waals surface area contributed by atoms with Crippen LogP contribution in [0.4, 0.5) is 0 Å². The van der Waals surface area contributed by atoms with Gasteiger partial charge in [-0.3, -0.25) is 4.79 Å². The Balaban J connectivity index is 1.85. The zero-order chi connectivity index (χ0) is 20.9. The average molecular weight is 480 g/mol. The molecule has 0 saturated carbocycles. The minimum absolute atomic E-state index is 0.0442. The molecule has 1 atom stereocenters. The van der Waals surface area contributed by atoms with Crippen molar-refractivity contribution in [2.24, 2.45) is 0 Å². The lowest BCUT2D eigenvalue weighted by molar-refractivity contribution is -0.132. The normalized spacial score (nSPS) is 16.0. The minimum atomic E-state index is -3.81. The molecule has 29 heavy (non-hydrogen) atoms. The van der Waals surface area contributed by atoms with Gasteiger partial charge in [0.15, 0.2) is 0 Å². The second kappa shape index (κ2) is 9.84. The van der Waals surface area contributed by atoms with E-state index in [-0.39, 0.29) is 29.8 Å². The molecule has 1 saturated heterocycles. The molecule has 156 valence electrons. The van der Waals surface area contributed by atoms with Gasteiger partial charge in [-0.05, 0) is 35.7 Å². The van der Waals surface area contributed by atoms with Crippen molar-refractivity contribution in [3.8, 4) is 0 Å². The molecule has 1 heterocycles. The Morgan fingerprint density at radius 2 is 1.72 bits per heavy atom. The fourth-order valence-corrected chi connectivity index (χ4v) is 5.10. The van der Waals surface area contributed by atoms with Crippen LogP contribution in [-0.4, -0.2) is 62.8 Å². The van der Waals surface area contributed by atoms with Gasteiger partial charge in [0, 0.05) is 37.2 Å². The van der Waals surface area contributed by atoms with Gasteiger partial charge in [0.2, 0.25) is 15.9 Å². The molecule has 0 aromatic heterocycles. The molecule has 8 heteroatoms. The average Bonchev–Trinajstić information content (AvgIpc) is 2.74. The monoisotopic (exact) mass is 479 g/mol. The van der Waals surface area contributed by atoms with Crippen LogP contribution in [0.5, 0.6) is 0 Å². The van der Waals surface area contributed by atoms with Crippen molar-refractivity contribution < 1.29 is 13.2 Å². The Kier molecular flexibility index (Phi) is 7.45. The lowest BCUT2D eigenvalue weighted by Crippen LogP contribution is -2.50. The Hall–Kier alpha value is -1.74. The number of sulfonamides is 1. The number of rotatable bonds is 7. The lowest BCUT2D eigenvalue weighted by atomic mass is 10.0. The summed E-state index contributed by atoms with van der Waals surface area (Å²) >= 11 is 3.34. The fourth-order valence-electron chi connectivity index (χ4n) is 3.36. The summed E-state index contributed by atoms with van der Waals surface area (Å²) in [6, 6.07) is 16.3. The first-order chi connectivity index (χ1) is 13.9. The van der Waals surface area contributed by atoms with Crippen LogP contribution in [0, 0.1) is 0 Å². The quantitative estimate of drug-likeness (QED) is 0.662. The first-order valence-electron chi connectivity index (χ1n) is 9.67. The Labute approximate surface area is 181 Å². The second-order valence-electron chi connectivity index (χ2n) is 7.19. The van der Waals surface area contributed by atoms with Gasteiger partial charge >= 0.3 is 0 Å². The van der Waals surface area contributed by atoms with Crippen molar-refractivity contribution in [3.63, 3.8) is 0 Å². The molecule has 3 rings (SSSR count). The van der Waals surface area contributed by atoms with Gasteiger partial charge in [-0.15, -0.1) is 0 Å². The number of carbonyl (C=O) groups excluding carboxylic acids is 1. The van der Waals surface area contributed by atoms with Crippen LogP contribution < -0.4 is 5.32 Å². The van der Waals surface area contributed by atoms with Crippen LogP contribution in [0.1, 0.15) is 18.4 Å². The maximum Gasteiger partial charge on any atom is 0.243 e. The molecular formula is C21H26BrN3O3S. The number of amides is 1. The molecule has 0 aliphatic carbocycles. The van der Waals surface area contributed by atoms with E-state index < -0.39 is 10.0 Å². The molecule has 0 spiro atoms. The highest BCUT2D eigenvalue weighted by molar-refractivity contribution is 9.10. The third kappa shape index (κ3) is 5.66. The maximum absolute atomic E-state index is 13.4. The van der Waals surface area contributed by atoms with Gasteiger partial charge in [-0.2, -0.15) is 4.31 Å². The Morgan fingerprint density at radius 1 is 1.10 bits per heavy atom. The van der Waals surface area contributed by atoms with Gasteiger partial charge < -0.3 is 10.2 Å². The molecule has 2 aromatic carbocycles. The van der Waals surface area contributed by atoms with E-state index in [1.165, 1.54) is 4.31 Å². The van der Waals surface area contributed by atoms with Crippen LogP contribution in [0.2, 0.25) is 0 Å². The molecule has 1 aliphatic rings. The molecule has 6 nitrogen and oxygen atoms in total. The van der Waals surface area contributed by atoms with Crippen LogP contribution >= 0.6 is 15.9 Å².